The van der Waals surface area contributed by atoms with Crippen molar-refractivity contribution in [3.8, 4) is 0 Å². The SMILES string of the molecule is COC(c1noc(CC(C)CN)n1)C(C)C. The zero-order chi connectivity index (χ0) is 12.1. The van der Waals surface area contributed by atoms with Crippen LogP contribution in [0.4, 0.5) is 0 Å². The first-order valence-electron chi connectivity index (χ1n) is 5.63. The fraction of sp³-hybridized carbons (Fsp3) is 0.818. The van der Waals surface area contributed by atoms with Gasteiger partial charge in [-0.05, 0) is 18.4 Å². The van der Waals surface area contributed by atoms with Gasteiger partial charge in [-0.15, -0.1) is 0 Å². The number of nitrogens with two attached hydrogens (primary N) is 1. The van der Waals surface area contributed by atoms with Crippen LogP contribution in [0.3, 0.4) is 0 Å². The zero-order valence-electron chi connectivity index (χ0n) is 10.4. The van der Waals surface area contributed by atoms with Crippen molar-refractivity contribution in [2.75, 3.05) is 13.7 Å². The molecule has 1 aromatic heterocycles. The zero-order valence-corrected chi connectivity index (χ0v) is 10.4. The predicted molar refractivity (Wildman–Crippen MR) is 60.8 cm³/mol. The minimum atomic E-state index is -0.106. The quantitative estimate of drug-likeness (QED) is 0.798. The highest BCUT2D eigenvalue weighted by molar-refractivity contribution is 4.93. The molecule has 92 valence electrons. The maximum Gasteiger partial charge on any atom is 0.227 e. The standard InChI is InChI=1S/C11H21N3O2/c1-7(2)10(15-4)11-13-9(16-14-11)5-8(3)6-12/h7-8,10H,5-6,12H2,1-4H3. The molecule has 0 saturated heterocycles. The van der Waals surface area contributed by atoms with Gasteiger partial charge in [0.15, 0.2) is 0 Å². The van der Waals surface area contributed by atoms with Crippen LogP contribution in [0, 0.1) is 11.8 Å². The molecule has 0 aliphatic heterocycles. The van der Waals surface area contributed by atoms with Crippen molar-refractivity contribution in [1.82, 2.24) is 10.1 Å². The number of aromatic nitrogens is 2. The van der Waals surface area contributed by atoms with Crippen molar-refractivity contribution in [3.05, 3.63) is 11.7 Å². The fourth-order valence-electron chi connectivity index (χ4n) is 1.52. The molecule has 2 atom stereocenters. The van der Waals surface area contributed by atoms with Crippen LogP contribution in [0.25, 0.3) is 0 Å². The third kappa shape index (κ3) is 3.28. The smallest absolute Gasteiger partial charge is 0.227 e. The van der Waals surface area contributed by atoms with Crippen molar-refractivity contribution in [2.24, 2.45) is 17.6 Å². The summed E-state index contributed by atoms with van der Waals surface area (Å²) in [7, 11) is 1.66. The maximum absolute atomic E-state index is 5.55. The van der Waals surface area contributed by atoms with E-state index in [4.69, 9.17) is 15.0 Å². The lowest BCUT2D eigenvalue weighted by atomic mass is 10.1. The van der Waals surface area contributed by atoms with E-state index in [0.29, 0.717) is 30.1 Å². The lowest BCUT2D eigenvalue weighted by Crippen LogP contribution is -2.14. The molecule has 0 spiro atoms. The van der Waals surface area contributed by atoms with E-state index in [0.717, 1.165) is 6.42 Å². The van der Waals surface area contributed by atoms with Gasteiger partial charge < -0.3 is 15.0 Å². The Morgan fingerprint density at radius 3 is 2.56 bits per heavy atom. The third-order valence-electron chi connectivity index (χ3n) is 2.52. The lowest BCUT2D eigenvalue weighted by Gasteiger charge is -2.14. The topological polar surface area (TPSA) is 74.2 Å². The van der Waals surface area contributed by atoms with Crippen LogP contribution in [-0.4, -0.2) is 23.8 Å². The van der Waals surface area contributed by atoms with Crippen LogP contribution in [0.5, 0.6) is 0 Å². The molecule has 1 aromatic rings. The van der Waals surface area contributed by atoms with E-state index >= 15 is 0 Å². The van der Waals surface area contributed by atoms with Crippen molar-refractivity contribution in [1.29, 1.82) is 0 Å². The monoisotopic (exact) mass is 227 g/mol. The number of hydrogen-bond donors (Lipinski definition) is 1. The summed E-state index contributed by atoms with van der Waals surface area (Å²) in [6.45, 7) is 6.80. The van der Waals surface area contributed by atoms with E-state index in [1.807, 2.05) is 0 Å². The maximum atomic E-state index is 5.55. The summed E-state index contributed by atoms with van der Waals surface area (Å²) in [5, 5.41) is 3.94. The summed E-state index contributed by atoms with van der Waals surface area (Å²) in [5.41, 5.74) is 5.55. The number of ether oxygens (including phenoxy) is 1. The first kappa shape index (κ1) is 13.1. The van der Waals surface area contributed by atoms with Crippen molar-refractivity contribution in [2.45, 2.75) is 33.3 Å². The molecule has 0 fully saturated rings. The Kier molecular flexibility index (Phi) is 4.89. The Balaban J connectivity index is 2.69. The van der Waals surface area contributed by atoms with Gasteiger partial charge in [-0.3, -0.25) is 0 Å². The van der Waals surface area contributed by atoms with Gasteiger partial charge in [-0.2, -0.15) is 4.98 Å². The second-order valence-electron chi connectivity index (χ2n) is 4.49. The number of methoxy groups -OCH3 is 1. The molecule has 2 unspecified atom stereocenters. The molecule has 0 radical (unpaired) electrons. The molecule has 5 heteroatoms. The van der Waals surface area contributed by atoms with Crippen LogP contribution < -0.4 is 5.73 Å². The van der Waals surface area contributed by atoms with Gasteiger partial charge in [0.25, 0.3) is 0 Å². The molecule has 0 saturated carbocycles. The molecule has 16 heavy (non-hydrogen) atoms. The average molecular weight is 227 g/mol. The lowest BCUT2D eigenvalue weighted by molar-refractivity contribution is 0.0555. The second kappa shape index (κ2) is 5.96. The molecule has 1 heterocycles. The number of rotatable bonds is 6. The minimum Gasteiger partial charge on any atom is -0.373 e. The van der Waals surface area contributed by atoms with Crippen LogP contribution in [0.15, 0.2) is 4.52 Å². The summed E-state index contributed by atoms with van der Waals surface area (Å²) in [6, 6.07) is 0. The van der Waals surface area contributed by atoms with E-state index in [-0.39, 0.29) is 6.10 Å². The molecule has 1 rings (SSSR count). The van der Waals surface area contributed by atoms with Gasteiger partial charge in [0.1, 0.15) is 6.10 Å². The third-order valence-corrected chi connectivity index (χ3v) is 2.52. The van der Waals surface area contributed by atoms with Gasteiger partial charge in [-0.1, -0.05) is 25.9 Å². The van der Waals surface area contributed by atoms with Crippen LogP contribution >= 0.6 is 0 Å². The molecule has 0 bridgehead atoms. The molecule has 5 nitrogen and oxygen atoms in total. The Morgan fingerprint density at radius 2 is 2.06 bits per heavy atom. The van der Waals surface area contributed by atoms with Crippen molar-refractivity contribution < 1.29 is 9.26 Å². The van der Waals surface area contributed by atoms with Gasteiger partial charge in [0, 0.05) is 13.5 Å². The van der Waals surface area contributed by atoms with Crippen molar-refractivity contribution in [3.63, 3.8) is 0 Å². The summed E-state index contributed by atoms with van der Waals surface area (Å²) < 4.78 is 10.5. The van der Waals surface area contributed by atoms with Gasteiger partial charge in [-0.25, -0.2) is 0 Å². The highest BCUT2D eigenvalue weighted by atomic mass is 16.5. The Morgan fingerprint density at radius 1 is 1.38 bits per heavy atom. The van der Waals surface area contributed by atoms with Crippen LogP contribution in [-0.2, 0) is 11.2 Å². The molecular weight excluding hydrogens is 206 g/mol. The molecule has 0 aromatic carbocycles. The second-order valence-corrected chi connectivity index (χ2v) is 4.49. The summed E-state index contributed by atoms with van der Waals surface area (Å²) in [6.07, 6.45) is 0.614. The van der Waals surface area contributed by atoms with Crippen LogP contribution in [0.1, 0.15) is 38.6 Å². The summed E-state index contributed by atoms with van der Waals surface area (Å²) in [5.74, 6) is 1.93. The van der Waals surface area contributed by atoms with Crippen molar-refractivity contribution >= 4 is 0 Å². The van der Waals surface area contributed by atoms with Gasteiger partial charge >= 0.3 is 0 Å². The van der Waals surface area contributed by atoms with Gasteiger partial charge in [0.2, 0.25) is 11.7 Å². The minimum absolute atomic E-state index is 0.106. The van der Waals surface area contributed by atoms with Crippen LogP contribution in [0.2, 0.25) is 0 Å². The molecular formula is C11H21N3O2. The highest BCUT2D eigenvalue weighted by Gasteiger charge is 2.21. The average Bonchev–Trinajstić information content (AvgIpc) is 2.66. The molecule has 2 N–H and O–H groups in total. The van der Waals surface area contributed by atoms with Gasteiger partial charge in [0.05, 0.1) is 0 Å². The van der Waals surface area contributed by atoms with E-state index < -0.39 is 0 Å². The van der Waals surface area contributed by atoms with E-state index in [1.165, 1.54) is 0 Å². The Labute approximate surface area is 96.4 Å². The first-order chi connectivity index (χ1) is 7.58. The molecule has 0 amide bonds. The Hall–Kier alpha value is -0.940. The first-order valence-corrected chi connectivity index (χ1v) is 5.63. The van der Waals surface area contributed by atoms with E-state index in [2.05, 4.69) is 30.9 Å². The number of nitrogens with zero attached hydrogens (tertiary/aromatic N) is 2. The Bertz CT molecular complexity index is 312. The predicted octanol–water partition coefficient (Wildman–Crippen LogP) is 1.55. The largest absolute Gasteiger partial charge is 0.373 e. The fourth-order valence-corrected chi connectivity index (χ4v) is 1.52. The summed E-state index contributed by atoms with van der Waals surface area (Å²) in [4.78, 5) is 4.33. The summed E-state index contributed by atoms with van der Waals surface area (Å²) >= 11 is 0. The molecule has 0 aliphatic rings. The van der Waals surface area contributed by atoms with E-state index in [9.17, 15) is 0 Å². The van der Waals surface area contributed by atoms with E-state index in [1.54, 1.807) is 7.11 Å². The normalized spacial score (nSPS) is 15.4. The highest BCUT2D eigenvalue weighted by Crippen LogP contribution is 2.22. The number of hydrogen-bond acceptors (Lipinski definition) is 5. The molecule has 0 aliphatic carbocycles.